The van der Waals surface area contributed by atoms with E-state index in [2.05, 4.69) is 13.8 Å². The lowest BCUT2D eigenvalue weighted by atomic mass is 9.93. The van der Waals surface area contributed by atoms with Crippen molar-refractivity contribution in [3.05, 3.63) is 47.7 Å². The Balaban J connectivity index is 1.80. The SMILES string of the molecule is CC1(C)COC2(C=C(C(O)c3ccccc3)OCC2)OC1. The number of hydrogen-bond donors (Lipinski definition) is 1. The zero-order valence-corrected chi connectivity index (χ0v) is 12.5. The molecule has 4 nitrogen and oxygen atoms in total. The van der Waals surface area contributed by atoms with Gasteiger partial charge in [-0.3, -0.25) is 0 Å². The Bertz CT molecular complexity index is 511. The molecule has 1 aromatic rings. The van der Waals surface area contributed by atoms with Crippen LogP contribution in [-0.4, -0.2) is 30.7 Å². The van der Waals surface area contributed by atoms with Crippen molar-refractivity contribution in [3.8, 4) is 0 Å². The van der Waals surface area contributed by atoms with E-state index in [1.165, 1.54) is 0 Å². The lowest BCUT2D eigenvalue weighted by Gasteiger charge is -2.44. The Morgan fingerprint density at radius 2 is 1.76 bits per heavy atom. The third-order valence-electron chi connectivity index (χ3n) is 3.88. The Hall–Kier alpha value is -1.36. The van der Waals surface area contributed by atoms with Crippen LogP contribution in [0.25, 0.3) is 0 Å². The molecule has 1 saturated heterocycles. The van der Waals surface area contributed by atoms with Crippen molar-refractivity contribution in [1.82, 2.24) is 0 Å². The van der Waals surface area contributed by atoms with Crippen LogP contribution in [0.1, 0.15) is 31.9 Å². The molecule has 0 saturated carbocycles. The first-order chi connectivity index (χ1) is 10.00. The van der Waals surface area contributed by atoms with Crippen molar-refractivity contribution in [2.75, 3.05) is 19.8 Å². The summed E-state index contributed by atoms with van der Waals surface area (Å²) in [5.74, 6) is -0.245. The molecule has 21 heavy (non-hydrogen) atoms. The van der Waals surface area contributed by atoms with Gasteiger partial charge in [-0.1, -0.05) is 44.2 Å². The summed E-state index contributed by atoms with van der Waals surface area (Å²) in [5.41, 5.74) is 0.826. The van der Waals surface area contributed by atoms with Gasteiger partial charge >= 0.3 is 0 Å². The molecule has 1 spiro atoms. The molecule has 0 aliphatic carbocycles. The Kier molecular flexibility index (Phi) is 3.78. The van der Waals surface area contributed by atoms with Crippen molar-refractivity contribution in [2.45, 2.75) is 32.2 Å². The van der Waals surface area contributed by atoms with Crippen LogP contribution in [0.5, 0.6) is 0 Å². The maximum absolute atomic E-state index is 10.5. The molecule has 1 aromatic carbocycles. The lowest BCUT2D eigenvalue weighted by Crippen LogP contribution is -2.48. The molecule has 1 N–H and O–H groups in total. The highest BCUT2D eigenvalue weighted by Crippen LogP contribution is 2.38. The van der Waals surface area contributed by atoms with Gasteiger partial charge in [-0.2, -0.15) is 0 Å². The lowest BCUT2D eigenvalue weighted by molar-refractivity contribution is -0.283. The molecule has 2 aliphatic heterocycles. The first-order valence-electron chi connectivity index (χ1n) is 7.36. The number of ether oxygens (including phenoxy) is 3. The predicted molar refractivity (Wildman–Crippen MR) is 78.5 cm³/mol. The summed E-state index contributed by atoms with van der Waals surface area (Å²) < 4.78 is 17.5. The molecule has 2 heterocycles. The maximum Gasteiger partial charge on any atom is 0.194 e. The number of hydrogen-bond acceptors (Lipinski definition) is 4. The van der Waals surface area contributed by atoms with Crippen LogP contribution in [0.3, 0.4) is 0 Å². The van der Waals surface area contributed by atoms with E-state index in [0.717, 1.165) is 5.56 Å². The van der Waals surface area contributed by atoms with Gasteiger partial charge in [0.1, 0.15) is 11.9 Å². The second kappa shape index (κ2) is 5.44. The van der Waals surface area contributed by atoms with Gasteiger partial charge in [0, 0.05) is 17.9 Å². The summed E-state index contributed by atoms with van der Waals surface area (Å²) in [6.45, 7) is 5.98. The topological polar surface area (TPSA) is 47.9 Å². The van der Waals surface area contributed by atoms with Crippen LogP contribution in [0.2, 0.25) is 0 Å². The van der Waals surface area contributed by atoms with Gasteiger partial charge in [-0.25, -0.2) is 0 Å². The molecule has 2 aliphatic rings. The summed E-state index contributed by atoms with van der Waals surface area (Å²) >= 11 is 0. The number of benzene rings is 1. The fourth-order valence-electron chi connectivity index (χ4n) is 2.55. The van der Waals surface area contributed by atoms with Crippen LogP contribution in [0.4, 0.5) is 0 Å². The fraction of sp³-hybridized carbons (Fsp3) is 0.529. The molecule has 1 atom stereocenters. The van der Waals surface area contributed by atoms with Crippen molar-refractivity contribution < 1.29 is 19.3 Å². The van der Waals surface area contributed by atoms with E-state index in [1.54, 1.807) is 6.08 Å². The fourth-order valence-corrected chi connectivity index (χ4v) is 2.55. The third-order valence-corrected chi connectivity index (χ3v) is 3.88. The Morgan fingerprint density at radius 1 is 1.10 bits per heavy atom. The van der Waals surface area contributed by atoms with E-state index >= 15 is 0 Å². The highest BCUT2D eigenvalue weighted by atomic mass is 16.7. The summed E-state index contributed by atoms with van der Waals surface area (Å²) in [6, 6.07) is 9.47. The summed E-state index contributed by atoms with van der Waals surface area (Å²) in [4.78, 5) is 0. The molecule has 3 rings (SSSR count). The van der Waals surface area contributed by atoms with Crippen LogP contribution in [0, 0.1) is 5.41 Å². The monoisotopic (exact) mass is 290 g/mol. The van der Waals surface area contributed by atoms with E-state index in [4.69, 9.17) is 14.2 Å². The van der Waals surface area contributed by atoms with Gasteiger partial charge in [-0.15, -0.1) is 0 Å². The first-order valence-corrected chi connectivity index (χ1v) is 7.36. The molecule has 1 fully saturated rings. The molecule has 0 bridgehead atoms. The average molecular weight is 290 g/mol. The largest absolute Gasteiger partial charge is 0.495 e. The van der Waals surface area contributed by atoms with Gasteiger partial charge < -0.3 is 19.3 Å². The van der Waals surface area contributed by atoms with Gasteiger partial charge in [-0.05, 0) is 5.56 Å². The van der Waals surface area contributed by atoms with E-state index < -0.39 is 11.9 Å². The second-order valence-corrected chi connectivity index (χ2v) is 6.51. The first kappa shape index (κ1) is 14.6. The molecule has 0 radical (unpaired) electrons. The van der Waals surface area contributed by atoms with E-state index in [9.17, 15) is 5.11 Å². The van der Waals surface area contributed by atoms with Crippen LogP contribution in [0.15, 0.2) is 42.2 Å². The maximum atomic E-state index is 10.5. The van der Waals surface area contributed by atoms with Crippen LogP contribution < -0.4 is 0 Å². The molecular weight excluding hydrogens is 268 g/mol. The molecule has 0 aromatic heterocycles. The van der Waals surface area contributed by atoms with Crippen molar-refractivity contribution in [3.63, 3.8) is 0 Å². The van der Waals surface area contributed by atoms with Crippen molar-refractivity contribution in [1.29, 1.82) is 0 Å². The normalized spacial score (nSPS) is 25.0. The zero-order valence-electron chi connectivity index (χ0n) is 12.5. The number of aliphatic hydroxyl groups excluding tert-OH is 1. The molecule has 1 unspecified atom stereocenters. The standard InChI is InChI=1S/C17H22O4/c1-16(2)11-20-17(21-12-16)8-9-19-14(10-17)15(18)13-6-4-3-5-7-13/h3-7,10,15,18H,8-9,11-12H2,1-2H3. The smallest absolute Gasteiger partial charge is 0.194 e. The van der Waals surface area contributed by atoms with E-state index in [-0.39, 0.29) is 5.41 Å². The van der Waals surface area contributed by atoms with Gasteiger partial charge in [0.05, 0.1) is 19.8 Å². The molecule has 114 valence electrons. The highest BCUT2D eigenvalue weighted by Gasteiger charge is 2.42. The quantitative estimate of drug-likeness (QED) is 0.910. The third kappa shape index (κ3) is 3.12. The Labute approximate surface area is 125 Å². The Morgan fingerprint density at radius 3 is 2.43 bits per heavy atom. The summed E-state index contributed by atoms with van der Waals surface area (Å²) in [5, 5.41) is 10.5. The van der Waals surface area contributed by atoms with Gasteiger partial charge in [0.2, 0.25) is 0 Å². The minimum atomic E-state index is -0.787. The molecular formula is C17H22O4. The van der Waals surface area contributed by atoms with Crippen LogP contribution in [-0.2, 0) is 14.2 Å². The number of aliphatic hydroxyl groups is 1. The van der Waals surface area contributed by atoms with Gasteiger partial charge in [0.25, 0.3) is 0 Å². The highest BCUT2D eigenvalue weighted by molar-refractivity contribution is 5.25. The predicted octanol–water partition coefficient (Wildman–Crippen LogP) is 2.79. The molecule has 4 heteroatoms. The minimum Gasteiger partial charge on any atom is -0.495 e. The van der Waals surface area contributed by atoms with E-state index in [0.29, 0.717) is 32.0 Å². The second-order valence-electron chi connectivity index (χ2n) is 6.51. The van der Waals surface area contributed by atoms with Gasteiger partial charge in [0.15, 0.2) is 5.79 Å². The van der Waals surface area contributed by atoms with E-state index in [1.807, 2.05) is 30.3 Å². The number of rotatable bonds is 2. The van der Waals surface area contributed by atoms with Crippen molar-refractivity contribution in [2.24, 2.45) is 5.41 Å². The summed E-state index contributed by atoms with van der Waals surface area (Å²) in [6.07, 6.45) is 1.66. The minimum absolute atomic E-state index is 0.0234. The molecule has 0 amide bonds. The summed E-state index contributed by atoms with van der Waals surface area (Å²) in [7, 11) is 0. The van der Waals surface area contributed by atoms with Crippen LogP contribution >= 0.6 is 0 Å². The zero-order chi connectivity index (χ0) is 14.9. The van der Waals surface area contributed by atoms with Crippen molar-refractivity contribution >= 4 is 0 Å². The average Bonchev–Trinajstić information content (AvgIpc) is 2.51.